The van der Waals surface area contributed by atoms with Crippen LogP contribution in [0.4, 0.5) is 5.69 Å². The molecule has 3 rings (SSSR count). The molecule has 0 bridgehead atoms. The number of aryl methyl sites for hydroxylation is 3. The van der Waals surface area contributed by atoms with Gasteiger partial charge in [-0.1, -0.05) is 35.9 Å². The van der Waals surface area contributed by atoms with Crippen molar-refractivity contribution in [2.24, 2.45) is 0 Å². The number of sulfonamides is 1. The van der Waals surface area contributed by atoms with E-state index >= 15 is 0 Å². The van der Waals surface area contributed by atoms with Crippen LogP contribution in [0, 0.1) is 6.92 Å². The number of anilines is 1. The van der Waals surface area contributed by atoms with Crippen molar-refractivity contribution >= 4 is 33.2 Å². The zero-order valence-electron chi connectivity index (χ0n) is 16.3. The van der Waals surface area contributed by atoms with Gasteiger partial charge in [0.2, 0.25) is 15.9 Å². The second-order valence-electron chi connectivity index (χ2n) is 7.37. The van der Waals surface area contributed by atoms with E-state index in [0.717, 1.165) is 34.5 Å². The van der Waals surface area contributed by atoms with Gasteiger partial charge in [-0.15, -0.1) is 0 Å². The molecule has 0 fully saturated rings. The van der Waals surface area contributed by atoms with Gasteiger partial charge in [-0.05, 0) is 67.5 Å². The molecule has 1 N–H and O–H groups in total. The van der Waals surface area contributed by atoms with Crippen LogP contribution in [0.2, 0.25) is 5.02 Å². The molecule has 28 heavy (non-hydrogen) atoms. The molecule has 1 atom stereocenters. The molecule has 0 heterocycles. The van der Waals surface area contributed by atoms with Gasteiger partial charge in [-0.2, -0.15) is 0 Å². The smallest absolute Gasteiger partial charge is 0.241 e. The Morgan fingerprint density at radius 2 is 1.89 bits per heavy atom. The van der Waals surface area contributed by atoms with Gasteiger partial charge in [-0.25, -0.2) is 8.42 Å². The zero-order valence-corrected chi connectivity index (χ0v) is 17.9. The predicted octanol–water partition coefficient (Wildman–Crippen LogP) is 3.78. The Morgan fingerprint density at radius 1 is 1.18 bits per heavy atom. The highest BCUT2D eigenvalue weighted by atomic mass is 35.5. The second kappa shape index (κ2) is 8.13. The molecule has 7 heteroatoms. The molecule has 1 unspecified atom stereocenters. The fourth-order valence-electron chi connectivity index (χ4n) is 3.59. The first kappa shape index (κ1) is 20.7. The van der Waals surface area contributed by atoms with Gasteiger partial charge in [0, 0.05) is 5.02 Å². The van der Waals surface area contributed by atoms with Crippen molar-refractivity contribution in [3.8, 4) is 0 Å². The van der Waals surface area contributed by atoms with Gasteiger partial charge in [0.15, 0.2) is 0 Å². The molecular weight excluding hydrogens is 396 g/mol. The SMILES string of the molecule is Cc1ccc(Cl)cc1N(CC(=O)NC(C)c1ccc2c(c1)CCC2)S(C)(=O)=O. The minimum atomic E-state index is -3.65. The van der Waals surface area contributed by atoms with Gasteiger partial charge in [-0.3, -0.25) is 9.10 Å². The Morgan fingerprint density at radius 3 is 2.61 bits per heavy atom. The zero-order chi connectivity index (χ0) is 20.5. The predicted molar refractivity (Wildman–Crippen MR) is 113 cm³/mol. The van der Waals surface area contributed by atoms with Crippen LogP contribution < -0.4 is 9.62 Å². The lowest BCUT2D eigenvalue weighted by Crippen LogP contribution is -2.41. The number of rotatable bonds is 6. The number of nitrogens with one attached hydrogen (secondary N) is 1. The Labute approximate surface area is 171 Å². The number of nitrogens with zero attached hydrogens (tertiary/aromatic N) is 1. The molecule has 0 radical (unpaired) electrons. The maximum atomic E-state index is 12.6. The third-order valence-electron chi connectivity index (χ3n) is 5.13. The van der Waals surface area contributed by atoms with Gasteiger partial charge in [0.25, 0.3) is 0 Å². The van der Waals surface area contributed by atoms with Crippen molar-refractivity contribution in [1.82, 2.24) is 5.32 Å². The molecule has 150 valence electrons. The molecule has 1 amide bonds. The van der Waals surface area contributed by atoms with E-state index in [-0.39, 0.29) is 18.5 Å². The van der Waals surface area contributed by atoms with Crippen LogP contribution >= 0.6 is 11.6 Å². The first-order valence-electron chi connectivity index (χ1n) is 9.30. The molecule has 1 aliphatic rings. The fraction of sp³-hybridized carbons (Fsp3) is 0.381. The summed E-state index contributed by atoms with van der Waals surface area (Å²) in [6, 6.07) is 11.1. The minimum absolute atomic E-state index is 0.208. The quantitative estimate of drug-likeness (QED) is 0.773. The van der Waals surface area contributed by atoms with E-state index in [0.29, 0.717) is 10.7 Å². The molecule has 2 aromatic carbocycles. The highest BCUT2D eigenvalue weighted by Gasteiger charge is 2.24. The van der Waals surface area contributed by atoms with E-state index < -0.39 is 10.0 Å². The van der Waals surface area contributed by atoms with Crippen molar-refractivity contribution in [1.29, 1.82) is 0 Å². The number of benzene rings is 2. The van der Waals surface area contributed by atoms with E-state index in [4.69, 9.17) is 11.6 Å². The Kier molecular flexibility index (Phi) is 6.01. The molecule has 1 aliphatic carbocycles. The average molecular weight is 421 g/mol. The fourth-order valence-corrected chi connectivity index (χ4v) is 4.67. The maximum absolute atomic E-state index is 12.6. The Balaban J connectivity index is 1.76. The first-order valence-corrected chi connectivity index (χ1v) is 11.5. The molecule has 0 aliphatic heterocycles. The number of hydrogen-bond donors (Lipinski definition) is 1. The normalized spacial score (nSPS) is 14.4. The average Bonchev–Trinajstić information content (AvgIpc) is 3.08. The molecule has 0 saturated heterocycles. The highest BCUT2D eigenvalue weighted by Crippen LogP contribution is 2.27. The molecule has 0 saturated carbocycles. The third kappa shape index (κ3) is 4.67. The van der Waals surface area contributed by atoms with Crippen molar-refractivity contribution in [2.45, 2.75) is 39.2 Å². The summed E-state index contributed by atoms with van der Waals surface area (Å²) in [6.45, 7) is 3.40. The van der Waals surface area contributed by atoms with Crippen LogP contribution in [-0.4, -0.2) is 27.1 Å². The number of amides is 1. The standard InChI is InChI=1S/C21H25ClN2O3S/c1-14-7-10-19(22)12-20(14)24(28(3,26)27)13-21(25)23-15(2)17-9-8-16-5-4-6-18(16)11-17/h7-12,15H,4-6,13H2,1-3H3,(H,23,25). The Bertz CT molecular complexity index is 1000. The number of halogens is 1. The van der Waals surface area contributed by atoms with Crippen LogP contribution in [0.15, 0.2) is 36.4 Å². The van der Waals surface area contributed by atoms with E-state index in [2.05, 4.69) is 17.4 Å². The van der Waals surface area contributed by atoms with E-state index in [9.17, 15) is 13.2 Å². The lowest BCUT2D eigenvalue weighted by molar-refractivity contribution is -0.120. The van der Waals surface area contributed by atoms with Gasteiger partial charge in [0.1, 0.15) is 6.54 Å². The van der Waals surface area contributed by atoms with Gasteiger partial charge in [0.05, 0.1) is 18.0 Å². The van der Waals surface area contributed by atoms with E-state index in [1.54, 1.807) is 25.1 Å². The first-order chi connectivity index (χ1) is 13.1. The topological polar surface area (TPSA) is 66.5 Å². The van der Waals surface area contributed by atoms with Gasteiger partial charge < -0.3 is 5.32 Å². The number of hydrogen-bond acceptors (Lipinski definition) is 3. The van der Waals surface area contributed by atoms with Crippen LogP contribution in [-0.2, 0) is 27.7 Å². The summed E-state index contributed by atoms with van der Waals surface area (Å²) < 4.78 is 25.7. The summed E-state index contributed by atoms with van der Waals surface area (Å²) >= 11 is 6.04. The number of fused-ring (bicyclic) bond motifs is 1. The molecule has 5 nitrogen and oxygen atoms in total. The third-order valence-corrected chi connectivity index (χ3v) is 6.49. The van der Waals surface area contributed by atoms with Crippen molar-refractivity contribution in [3.63, 3.8) is 0 Å². The van der Waals surface area contributed by atoms with Crippen LogP contribution in [0.25, 0.3) is 0 Å². The molecular formula is C21H25ClN2O3S. The Hall–Kier alpha value is -2.05. The summed E-state index contributed by atoms with van der Waals surface area (Å²) in [5, 5.41) is 3.33. The lowest BCUT2D eigenvalue weighted by Gasteiger charge is -2.25. The summed E-state index contributed by atoms with van der Waals surface area (Å²) in [6.07, 6.45) is 4.44. The van der Waals surface area contributed by atoms with Crippen LogP contribution in [0.1, 0.15) is 41.6 Å². The van der Waals surface area contributed by atoms with E-state index in [1.807, 2.05) is 13.0 Å². The highest BCUT2D eigenvalue weighted by molar-refractivity contribution is 7.92. The lowest BCUT2D eigenvalue weighted by atomic mass is 10.0. The largest absolute Gasteiger partial charge is 0.348 e. The molecule has 2 aromatic rings. The van der Waals surface area contributed by atoms with E-state index in [1.165, 1.54) is 17.5 Å². The number of carbonyl (C=O) groups excluding carboxylic acids is 1. The minimum Gasteiger partial charge on any atom is -0.348 e. The molecule has 0 aromatic heterocycles. The maximum Gasteiger partial charge on any atom is 0.241 e. The van der Waals surface area contributed by atoms with Crippen molar-refractivity contribution in [3.05, 3.63) is 63.7 Å². The summed E-state index contributed by atoms with van der Waals surface area (Å²) in [7, 11) is -3.65. The second-order valence-corrected chi connectivity index (χ2v) is 9.71. The number of carbonyl (C=O) groups is 1. The van der Waals surface area contributed by atoms with Crippen LogP contribution in [0.3, 0.4) is 0 Å². The summed E-state index contributed by atoms with van der Waals surface area (Å²) in [4.78, 5) is 12.6. The van der Waals surface area contributed by atoms with Crippen LogP contribution in [0.5, 0.6) is 0 Å². The van der Waals surface area contributed by atoms with Gasteiger partial charge >= 0.3 is 0 Å². The monoisotopic (exact) mass is 420 g/mol. The summed E-state index contributed by atoms with van der Waals surface area (Å²) in [5.41, 5.74) is 4.89. The van der Waals surface area contributed by atoms with Crippen molar-refractivity contribution in [2.75, 3.05) is 17.1 Å². The summed E-state index contributed by atoms with van der Waals surface area (Å²) in [5.74, 6) is -0.363. The van der Waals surface area contributed by atoms with Crippen molar-refractivity contribution < 1.29 is 13.2 Å². The molecule has 0 spiro atoms.